The Hall–Kier alpha value is -2.28. The number of nitrogens with zero attached hydrogens (tertiary/aromatic N) is 2. The van der Waals surface area contributed by atoms with Gasteiger partial charge < -0.3 is 14.7 Å². The molecule has 2 aliphatic heterocycles. The first-order valence-electron chi connectivity index (χ1n) is 10.2. The van der Waals surface area contributed by atoms with Gasteiger partial charge in [0.15, 0.2) is 0 Å². The van der Waals surface area contributed by atoms with E-state index >= 15 is 0 Å². The van der Waals surface area contributed by atoms with Gasteiger partial charge in [-0.1, -0.05) is 24.3 Å². The number of halogens is 1. The fraction of sp³-hybridized carbons (Fsp3) is 0.435. The Morgan fingerprint density at radius 1 is 0.966 bits per heavy atom. The summed E-state index contributed by atoms with van der Waals surface area (Å²) < 4.78 is 18.5. The molecule has 4 rings (SSSR count). The summed E-state index contributed by atoms with van der Waals surface area (Å²) in [6.07, 6.45) is 0. The van der Waals surface area contributed by atoms with Crippen molar-refractivity contribution in [3.63, 3.8) is 0 Å². The van der Waals surface area contributed by atoms with Gasteiger partial charge in [0.1, 0.15) is 5.82 Å². The zero-order valence-corrected chi connectivity index (χ0v) is 16.5. The van der Waals surface area contributed by atoms with Crippen molar-refractivity contribution in [2.75, 3.05) is 52.5 Å². The molecule has 29 heavy (non-hydrogen) atoms. The summed E-state index contributed by atoms with van der Waals surface area (Å²) in [5.41, 5.74) is 2.50. The molecule has 2 saturated heterocycles. The fourth-order valence-electron chi connectivity index (χ4n) is 4.26. The van der Waals surface area contributed by atoms with Gasteiger partial charge in [-0.25, -0.2) is 4.39 Å². The van der Waals surface area contributed by atoms with Gasteiger partial charge in [-0.2, -0.15) is 0 Å². The number of hydrogen-bond acceptors (Lipinski definition) is 4. The number of likely N-dealkylation sites (tertiary alicyclic amines) is 1. The molecule has 2 aromatic rings. The minimum absolute atomic E-state index is 0.00131. The summed E-state index contributed by atoms with van der Waals surface area (Å²) in [6, 6.07) is 13.8. The van der Waals surface area contributed by atoms with E-state index in [0.29, 0.717) is 18.7 Å². The smallest absolute Gasteiger partial charge is 0.253 e. The van der Waals surface area contributed by atoms with Crippen molar-refractivity contribution in [1.82, 2.24) is 9.80 Å². The number of rotatable bonds is 5. The Balaban J connectivity index is 1.41. The number of carbonyl (C=O) groups is 1. The van der Waals surface area contributed by atoms with Gasteiger partial charge in [-0.3, -0.25) is 9.69 Å². The molecule has 0 aliphatic carbocycles. The Labute approximate surface area is 170 Å². The van der Waals surface area contributed by atoms with Crippen molar-refractivity contribution in [3.8, 4) is 11.1 Å². The predicted octanol–water partition coefficient (Wildman–Crippen LogP) is 2.51. The van der Waals surface area contributed by atoms with Crippen LogP contribution in [-0.4, -0.2) is 73.4 Å². The van der Waals surface area contributed by atoms with E-state index in [-0.39, 0.29) is 30.2 Å². The van der Waals surface area contributed by atoms with E-state index < -0.39 is 0 Å². The molecule has 2 heterocycles. The van der Waals surface area contributed by atoms with Crippen LogP contribution in [-0.2, 0) is 4.74 Å². The molecule has 2 aliphatic rings. The van der Waals surface area contributed by atoms with Crippen LogP contribution in [0.3, 0.4) is 0 Å². The Morgan fingerprint density at radius 2 is 1.55 bits per heavy atom. The van der Waals surface area contributed by atoms with Crippen LogP contribution in [0.4, 0.5) is 4.39 Å². The molecule has 0 unspecified atom stereocenters. The highest BCUT2D eigenvalue weighted by Gasteiger charge is 2.36. The van der Waals surface area contributed by atoms with Crippen molar-refractivity contribution in [1.29, 1.82) is 0 Å². The maximum atomic E-state index is 13.1. The van der Waals surface area contributed by atoms with Gasteiger partial charge in [0, 0.05) is 50.8 Å². The molecule has 2 aromatic carbocycles. The zero-order chi connectivity index (χ0) is 20.2. The second-order valence-electron chi connectivity index (χ2n) is 7.91. The molecular formula is C23H27FN2O3. The molecular weight excluding hydrogens is 371 g/mol. The average molecular weight is 398 g/mol. The monoisotopic (exact) mass is 398 g/mol. The molecule has 5 nitrogen and oxygen atoms in total. The third-order valence-corrected chi connectivity index (χ3v) is 6.00. The summed E-state index contributed by atoms with van der Waals surface area (Å²) in [6.45, 7) is 5.56. The number of carbonyl (C=O) groups excluding carboxylic acids is 1. The van der Waals surface area contributed by atoms with Crippen molar-refractivity contribution in [2.24, 2.45) is 11.8 Å². The van der Waals surface area contributed by atoms with E-state index in [2.05, 4.69) is 4.90 Å². The molecule has 0 radical (unpaired) electrons. The van der Waals surface area contributed by atoms with E-state index in [4.69, 9.17) is 4.74 Å². The maximum Gasteiger partial charge on any atom is 0.253 e. The van der Waals surface area contributed by atoms with Crippen molar-refractivity contribution < 1.29 is 19.0 Å². The van der Waals surface area contributed by atoms with E-state index in [0.717, 1.165) is 44.0 Å². The maximum absolute atomic E-state index is 13.1. The van der Waals surface area contributed by atoms with Crippen molar-refractivity contribution >= 4 is 5.91 Å². The summed E-state index contributed by atoms with van der Waals surface area (Å²) in [5, 5.41) is 9.81. The van der Waals surface area contributed by atoms with Crippen molar-refractivity contribution in [2.45, 2.75) is 0 Å². The first kappa shape index (κ1) is 20.0. The van der Waals surface area contributed by atoms with Gasteiger partial charge in [-0.15, -0.1) is 0 Å². The Bertz CT molecular complexity index is 819. The fourth-order valence-corrected chi connectivity index (χ4v) is 4.26. The average Bonchev–Trinajstić information content (AvgIpc) is 3.17. The lowest BCUT2D eigenvalue weighted by molar-refractivity contribution is 0.0264. The standard InChI is InChI=1S/C23H27FN2O3/c24-22-7-5-18(6-8-22)17-1-3-19(4-2-17)23(28)26-14-20(21(15-26)16-27)13-25-9-11-29-12-10-25/h1-8,20-21,27H,9-16H2/t20-,21-/m1/s1. The lowest BCUT2D eigenvalue weighted by Crippen LogP contribution is -2.41. The van der Waals surface area contributed by atoms with Crippen LogP contribution >= 0.6 is 0 Å². The minimum Gasteiger partial charge on any atom is -0.396 e. The normalized spacial score (nSPS) is 22.8. The van der Waals surface area contributed by atoms with Crippen LogP contribution in [0.5, 0.6) is 0 Å². The molecule has 1 amide bonds. The molecule has 0 bridgehead atoms. The number of aliphatic hydroxyl groups excluding tert-OH is 1. The van der Waals surface area contributed by atoms with Gasteiger partial charge >= 0.3 is 0 Å². The largest absolute Gasteiger partial charge is 0.396 e. The SMILES string of the molecule is O=C(c1ccc(-c2ccc(F)cc2)cc1)N1C[C@@H](CN2CCOCC2)[C@@H](CO)C1. The number of amides is 1. The third kappa shape index (κ3) is 4.66. The molecule has 1 N–H and O–H groups in total. The van der Waals surface area contributed by atoms with Crippen LogP contribution < -0.4 is 0 Å². The highest BCUT2D eigenvalue weighted by Crippen LogP contribution is 2.27. The van der Waals surface area contributed by atoms with Gasteiger partial charge in [0.05, 0.1) is 13.2 Å². The lowest BCUT2D eigenvalue weighted by Gasteiger charge is -2.30. The summed E-state index contributed by atoms with van der Waals surface area (Å²) >= 11 is 0. The quantitative estimate of drug-likeness (QED) is 0.841. The number of hydrogen-bond donors (Lipinski definition) is 1. The van der Waals surface area contributed by atoms with E-state index in [1.54, 1.807) is 12.1 Å². The van der Waals surface area contributed by atoms with Crippen LogP contribution in [0, 0.1) is 17.7 Å². The van der Waals surface area contributed by atoms with Crippen LogP contribution in [0.2, 0.25) is 0 Å². The number of morpholine rings is 1. The highest BCUT2D eigenvalue weighted by atomic mass is 19.1. The number of aliphatic hydroxyl groups is 1. The second kappa shape index (κ2) is 9.03. The molecule has 154 valence electrons. The predicted molar refractivity (Wildman–Crippen MR) is 109 cm³/mol. The van der Waals surface area contributed by atoms with Crippen LogP contribution in [0.15, 0.2) is 48.5 Å². The molecule has 2 fully saturated rings. The molecule has 0 spiro atoms. The third-order valence-electron chi connectivity index (χ3n) is 6.00. The summed E-state index contributed by atoms with van der Waals surface area (Å²) in [5.74, 6) is 0.124. The lowest BCUT2D eigenvalue weighted by atomic mass is 9.96. The number of benzene rings is 2. The van der Waals surface area contributed by atoms with E-state index in [1.807, 2.05) is 29.2 Å². The Kier molecular flexibility index (Phi) is 6.23. The Morgan fingerprint density at radius 3 is 2.17 bits per heavy atom. The molecule has 0 saturated carbocycles. The van der Waals surface area contributed by atoms with E-state index in [1.165, 1.54) is 12.1 Å². The van der Waals surface area contributed by atoms with Crippen LogP contribution in [0.1, 0.15) is 10.4 Å². The molecule has 6 heteroatoms. The molecule has 2 atom stereocenters. The minimum atomic E-state index is -0.264. The van der Waals surface area contributed by atoms with E-state index in [9.17, 15) is 14.3 Å². The zero-order valence-electron chi connectivity index (χ0n) is 16.5. The summed E-state index contributed by atoms with van der Waals surface area (Å²) in [4.78, 5) is 17.2. The molecule has 0 aromatic heterocycles. The highest BCUT2D eigenvalue weighted by molar-refractivity contribution is 5.95. The first-order valence-corrected chi connectivity index (χ1v) is 10.2. The topological polar surface area (TPSA) is 53.0 Å². The number of ether oxygens (including phenoxy) is 1. The first-order chi connectivity index (χ1) is 14.1. The van der Waals surface area contributed by atoms with Crippen LogP contribution in [0.25, 0.3) is 11.1 Å². The summed E-state index contributed by atoms with van der Waals surface area (Å²) in [7, 11) is 0. The van der Waals surface area contributed by atoms with Gasteiger partial charge in [0.25, 0.3) is 5.91 Å². The van der Waals surface area contributed by atoms with Gasteiger partial charge in [-0.05, 0) is 41.3 Å². The van der Waals surface area contributed by atoms with Gasteiger partial charge in [0.2, 0.25) is 0 Å². The second-order valence-corrected chi connectivity index (χ2v) is 7.91. The van der Waals surface area contributed by atoms with Crippen molar-refractivity contribution in [3.05, 3.63) is 59.9 Å².